The summed E-state index contributed by atoms with van der Waals surface area (Å²) < 4.78 is 11.7. The first-order chi connectivity index (χ1) is 11.5. The third-order valence-corrected chi connectivity index (χ3v) is 5.30. The van der Waals surface area contributed by atoms with Gasteiger partial charge >= 0.3 is 5.97 Å². The second-order valence-corrected chi connectivity index (χ2v) is 7.17. The predicted molar refractivity (Wildman–Crippen MR) is 90.6 cm³/mol. The van der Waals surface area contributed by atoms with Gasteiger partial charge in [-0.15, -0.1) is 0 Å². The van der Waals surface area contributed by atoms with E-state index in [1.807, 2.05) is 0 Å². The van der Waals surface area contributed by atoms with E-state index >= 15 is 0 Å². The van der Waals surface area contributed by atoms with Crippen molar-refractivity contribution in [3.8, 4) is 11.5 Å². The summed E-state index contributed by atoms with van der Waals surface area (Å²) in [6.07, 6.45) is 4.04. The zero-order valence-corrected chi connectivity index (χ0v) is 14.9. The molecule has 1 fully saturated rings. The van der Waals surface area contributed by atoms with Gasteiger partial charge in [0.2, 0.25) is 0 Å². The van der Waals surface area contributed by atoms with Crippen LogP contribution in [0.3, 0.4) is 0 Å². The Morgan fingerprint density at radius 3 is 2.58 bits per heavy atom. The van der Waals surface area contributed by atoms with E-state index < -0.39 is 11.4 Å². The normalized spacial score (nSPS) is 18.7. The largest absolute Gasteiger partial charge is 0.486 e. The monoisotopic (exact) mass is 397 g/mol. The van der Waals surface area contributed by atoms with Crippen molar-refractivity contribution in [2.45, 2.75) is 32.1 Å². The highest BCUT2D eigenvalue weighted by atomic mass is 79.9. The van der Waals surface area contributed by atoms with E-state index in [9.17, 15) is 14.7 Å². The van der Waals surface area contributed by atoms with Crippen LogP contribution in [0.15, 0.2) is 16.6 Å². The third-order valence-electron chi connectivity index (χ3n) is 4.71. The summed E-state index contributed by atoms with van der Waals surface area (Å²) in [5.41, 5.74) is -0.429. The highest BCUT2D eigenvalue weighted by Gasteiger charge is 2.39. The van der Waals surface area contributed by atoms with Gasteiger partial charge in [-0.2, -0.15) is 0 Å². The third kappa shape index (κ3) is 3.36. The number of halogens is 1. The average Bonchev–Trinajstić information content (AvgIpc) is 2.60. The summed E-state index contributed by atoms with van der Waals surface area (Å²) in [4.78, 5) is 24.1. The molecule has 2 N–H and O–H groups in total. The summed E-state index contributed by atoms with van der Waals surface area (Å²) >= 11 is 3.38. The van der Waals surface area contributed by atoms with Crippen LogP contribution in [0, 0.1) is 5.41 Å². The molecule has 130 valence electrons. The van der Waals surface area contributed by atoms with Gasteiger partial charge < -0.3 is 19.9 Å². The van der Waals surface area contributed by atoms with E-state index in [0.717, 1.165) is 19.3 Å². The van der Waals surface area contributed by atoms with Crippen molar-refractivity contribution in [2.75, 3.05) is 19.8 Å². The number of carbonyl (C=O) groups excluding carboxylic acids is 1. The van der Waals surface area contributed by atoms with Crippen molar-refractivity contribution in [3.05, 3.63) is 22.2 Å². The maximum Gasteiger partial charge on any atom is 0.311 e. The minimum atomic E-state index is -0.848. The van der Waals surface area contributed by atoms with Gasteiger partial charge in [0.1, 0.15) is 13.2 Å². The van der Waals surface area contributed by atoms with Crippen LogP contribution in [-0.2, 0) is 4.79 Å². The van der Waals surface area contributed by atoms with E-state index in [1.165, 1.54) is 0 Å². The van der Waals surface area contributed by atoms with Crippen LogP contribution in [0.5, 0.6) is 11.5 Å². The fraction of sp³-hybridized carbons (Fsp3) is 0.529. The minimum Gasteiger partial charge on any atom is -0.486 e. The Bertz CT molecular complexity index is 655. The van der Waals surface area contributed by atoms with Gasteiger partial charge in [-0.3, -0.25) is 9.59 Å². The number of carboxylic acids is 1. The molecular formula is C17H20BrNO5. The molecular weight excluding hydrogens is 378 g/mol. The number of amides is 1. The number of hydrogen-bond acceptors (Lipinski definition) is 4. The maximum atomic E-state index is 12.5. The number of rotatable bonds is 4. The predicted octanol–water partition coefficient (Wildman–Crippen LogP) is 2.99. The number of fused-ring (bicyclic) bond motifs is 1. The molecule has 0 radical (unpaired) electrons. The SMILES string of the molecule is O=C(NCC1(C(=O)O)CCCCC1)c1cc(Br)c2c(c1)OCCO2. The number of carbonyl (C=O) groups is 2. The first kappa shape index (κ1) is 17.1. The molecule has 1 aliphatic carbocycles. The Balaban J connectivity index is 1.73. The molecule has 6 nitrogen and oxygen atoms in total. The van der Waals surface area contributed by atoms with Crippen molar-refractivity contribution in [1.29, 1.82) is 0 Å². The zero-order chi connectivity index (χ0) is 17.2. The topological polar surface area (TPSA) is 84.9 Å². The van der Waals surface area contributed by atoms with E-state index in [1.54, 1.807) is 12.1 Å². The van der Waals surface area contributed by atoms with Gasteiger partial charge in [0.15, 0.2) is 11.5 Å². The molecule has 0 unspecified atom stereocenters. The number of aliphatic carboxylic acids is 1. The molecule has 1 heterocycles. The lowest BCUT2D eigenvalue weighted by atomic mass is 9.74. The molecule has 1 amide bonds. The molecule has 0 bridgehead atoms. The van der Waals surface area contributed by atoms with Crippen LogP contribution in [0.1, 0.15) is 42.5 Å². The standard InChI is InChI=1S/C17H20BrNO5/c18-12-8-11(9-13-14(12)24-7-6-23-13)15(20)19-10-17(16(21)22)4-2-1-3-5-17/h8-9H,1-7,10H2,(H,19,20)(H,21,22). The second kappa shape index (κ2) is 7.01. The summed E-state index contributed by atoms with van der Waals surface area (Å²) in [6, 6.07) is 3.29. The molecule has 24 heavy (non-hydrogen) atoms. The maximum absolute atomic E-state index is 12.5. The Kier molecular flexibility index (Phi) is 4.99. The van der Waals surface area contributed by atoms with Gasteiger partial charge in [-0.25, -0.2) is 0 Å². The van der Waals surface area contributed by atoms with Crippen molar-refractivity contribution < 1.29 is 24.2 Å². The van der Waals surface area contributed by atoms with Crippen molar-refractivity contribution in [1.82, 2.24) is 5.32 Å². The number of benzene rings is 1. The van der Waals surface area contributed by atoms with Crippen LogP contribution in [0.4, 0.5) is 0 Å². The smallest absolute Gasteiger partial charge is 0.311 e. The van der Waals surface area contributed by atoms with Crippen LogP contribution in [-0.4, -0.2) is 36.7 Å². The second-order valence-electron chi connectivity index (χ2n) is 6.31. The highest BCUT2D eigenvalue weighted by molar-refractivity contribution is 9.10. The molecule has 1 saturated carbocycles. The van der Waals surface area contributed by atoms with Crippen LogP contribution in [0.2, 0.25) is 0 Å². The lowest BCUT2D eigenvalue weighted by Crippen LogP contribution is -2.44. The summed E-state index contributed by atoms with van der Waals surface area (Å²) in [6.45, 7) is 1.05. The molecule has 2 aliphatic rings. The van der Waals surface area contributed by atoms with Crippen LogP contribution in [0.25, 0.3) is 0 Å². The van der Waals surface area contributed by atoms with Crippen molar-refractivity contribution >= 4 is 27.8 Å². The Morgan fingerprint density at radius 1 is 1.17 bits per heavy atom. The Morgan fingerprint density at radius 2 is 1.88 bits per heavy atom. The van der Waals surface area contributed by atoms with Gasteiger partial charge in [0.25, 0.3) is 5.91 Å². The van der Waals surface area contributed by atoms with Crippen molar-refractivity contribution in [2.24, 2.45) is 5.41 Å². The lowest BCUT2D eigenvalue weighted by molar-refractivity contribution is -0.150. The fourth-order valence-electron chi connectivity index (χ4n) is 3.29. The first-order valence-corrected chi connectivity index (χ1v) is 8.92. The Hall–Kier alpha value is -1.76. The average molecular weight is 398 g/mol. The van der Waals surface area contributed by atoms with Gasteiger partial charge in [0, 0.05) is 12.1 Å². The summed E-state index contributed by atoms with van der Waals surface area (Å²) in [5, 5.41) is 12.4. The summed E-state index contributed by atoms with van der Waals surface area (Å²) in [5.74, 6) is -0.0248. The molecule has 0 atom stereocenters. The molecule has 7 heteroatoms. The van der Waals surface area contributed by atoms with Gasteiger partial charge in [0.05, 0.1) is 9.89 Å². The number of carboxylic acid groups (broad SMARTS) is 1. The molecule has 1 aromatic carbocycles. The first-order valence-electron chi connectivity index (χ1n) is 8.13. The molecule has 1 aliphatic heterocycles. The lowest BCUT2D eigenvalue weighted by Gasteiger charge is -2.33. The fourth-order valence-corrected chi connectivity index (χ4v) is 3.84. The minimum absolute atomic E-state index is 0.146. The van der Waals surface area contributed by atoms with Crippen LogP contribution < -0.4 is 14.8 Å². The number of nitrogens with one attached hydrogen (secondary N) is 1. The van der Waals surface area contributed by atoms with Gasteiger partial charge in [-0.05, 0) is 40.9 Å². The number of hydrogen-bond donors (Lipinski definition) is 2. The van der Waals surface area contributed by atoms with Crippen molar-refractivity contribution in [3.63, 3.8) is 0 Å². The van der Waals surface area contributed by atoms with E-state index in [0.29, 0.717) is 47.6 Å². The van der Waals surface area contributed by atoms with E-state index in [-0.39, 0.29) is 12.5 Å². The van der Waals surface area contributed by atoms with E-state index in [2.05, 4.69) is 21.2 Å². The molecule has 1 aromatic rings. The quantitative estimate of drug-likeness (QED) is 0.815. The van der Waals surface area contributed by atoms with Gasteiger partial charge in [-0.1, -0.05) is 19.3 Å². The highest BCUT2D eigenvalue weighted by Crippen LogP contribution is 2.39. The molecule has 0 spiro atoms. The van der Waals surface area contributed by atoms with E-state index in [4.69, 9.17) is 9.47 Å². The molecule has 3 rings (SSSR count). The molecule has 0 aromatic heterocycles. The van der Waals surface area contributed by atoms with Crippen LogP contribution >= 0.6 is 15.9 Å². The summed E-state index contributed by atoms with van der Waals surface area (Å²) in [7, 11) is 0. The Labute approximate surface area is 148 Å². The number of ether oxygens (including phenoxy) is 2. The zero-order valence-electron chi connectivity index (χ0n) is 13.3. The molecule has 0 saturated heterocycles.